The molecule has 1 aromatic rings. The van der Waals surface area contributed by atoms with Gasteiger partial charge in [0.15, 0.2) is 0 Å². The van der Waals surface area contributed by atoms with Crippen molar-refractivity contribution in [1.29, 1.82) is 0 Å². The Balaban J connectivity index is 0.000000336. The van der Waals surface area contributed by atoms with E-state index in [4.69, 9.17) is 10.2 Å². The molecule has 0 radical (unpaired) electrons. The molecule has 4 heteroatoms. The zero-order valence-corrected chi connectivity index (χ0v) is 9.56. The van der Waals surface area contributed by atoms with Gasteiger partial charge in [0.2, 0.25) is 0 Å². The van der Waals surface area contributed by atoms with Crippen molar-refractivity contribution in [2.24, 2.45) is 0 Å². The summed E-state index contributed by atoms with van der Waals surface area (Å²) < 4.78 is 1.00. The number of rotatable bonds is 1. The number of phenols is 1. The molecule has 84 valence electrons. The summed E-state index contributed by atoms with van der Waals surface area (Å²) in [6.45, 7) is 0. The summed E-state index contributed by atoms with van der Waals surface area (Å²) in [5.74, 6) is -1.31. The molecule has 0 atom stereocenters. The molecule has 0 fully saturated rings. The molecule has 2 N–H and O–H groups in total. The first kappa shape index (κ1) is 13.4. The minimum atomic E-state index is -1.11. The monoisotopic (exact) mass is 212 g/mol. The second-order valence-corrected chi connectivity index (χ2v) is 4.51. The molecule has 0 saturated carbocycles. The average Bonchev–Trinajstić information content (AvgIpc) is 2.01. The molecule has 1 rings (SSSR count). The lowest BCUT2D eigenvalue weighted by molar-refractivity contribution is -0.849. The largest absolute Gasteiger partial charge is 0.507 e. The maximum Gasteiger partial charge on any atom is 0.339 e. The Labute approximate surface area is 90.0 Å². The molecular weight excluding hydrogens is 194 g/mol. The smallest absolute Gasteiger partial charge is 0.339 e. The van der Waals surface area contributed by atoms with E-state index in [0.717, 1.165) is 4.48 Å². The van der Waals surface area contributed by atoms with Gasteiger partial charge in [0.05, 0.1) is 28.2 Å². The van der Waals surface area contributed by atoms with Crippen LogP contribution in [-0.2, 0) is 0 Å². The second kappa shape index (κ2) is 5.36. The van der Waals surface area contributed by atoms with Crippen molar-refractivity contribution in [1.82, 2.24) is 0 Å². The lowest BCUT2D eigenvalue weighted by Crippen LogP contribution is -2.27. The molecule has 1 aromatic carbocycles. The lowest BCUT2D eigenvalue weighted by atomic mass is 10.2. The Bertz CT molecular complexity index is 323. The summed E-state index contributed by atoms with van der Waals surface area (Å²) in [4.78, 5) is 10.3. The van der Waals surface area contributed by atoms with Crippen molar-refractivity contribution in [3.8, 4) is 5.75 Å². The number of aromatic carboxylic acids is 1. The lowest BCUT2D eigenvalue weighted by Gasteiger charge is -2.14. The standard InChI is InChI=1S/C7H6O3.C4H12N/c8-6-4-2-1-3-5(6)7(9)10;1-5(2,3)4/h1-4,8H,(H,9,10);1-4H3/q;+1. The highest BCUT2D eigenvalue weighted by Gasteiger charge is 2.05. The quantitative estimate of drug-likeness (QED) is 0.692. The van der Waals surface area contributed by atoms with Crippen molar-refractivity contribution in [3.63, 3.8) is 0 Å². The SMILES string of the molecule is C[N+](C)(C)C.O=C(O)c1ccccc1O. The molecule has 4 nitrogen and oxygen atoms in total. The third-order valence-electron chi connectivity index (χ3n) is 1.13. The van der Waals surface area contributed by atoms with E-state index >= 15 is 0 Å². The zero-order valence-electron chi connectivity index (χ0n) is 9.56. The summed E-state index contributed by atoms with van der Waals surface area (Å²) in [7, 11) is 8.50. The third-order valence-corrected chi connectivity index (χ3v) is 1.13. The van der Waals surface area contributed by atoms with Crippen molar-refractivity contribution in [3.05, 3.63) is 29.8 Å². The van der Waals surface area contributed by atoms with Gasteiger partial charge in [-0.25, -0.2) is 4.79 Å². The highest BCUT2D eigenvalue weighted by Crippen LogP contribution is 2.14. The highest BCUT2D eigenvalue weighted by molar-refractivity contribution is 5.90. The van der Waals surface area contributed by atoms with Crippen molar-refractivity contribution in [2.45, 2.75) is 0 Å². The number of hydrogen-bond acceptors (Lipinski definition) is 2. The fourth-order valence-corrected chi connectivity index (χ4v) is 0.654. The van der Waals surface area contributed by atoms with E-state index in [-0.39, 0.29) is 11.3 Å². The molecule has 0 aliphatic carbocycles. The number of hydrogen-bond donors (Lipinski definition) is 2. The molecule has 0 amide bonds. The zero-order chi connectivity index (χ0) is 12.1. The predicted molar refractivity (Wildman–Crippen MR) is 59.0 cm³/mol. The highest BCUT2D eigenvalue weighted by atomic mass is 16.4. The van der Waals surface area contributed by atoms with Gasteiger partial charge in [-0.1, -0.05) is 12.1 Å². The van der Waals surface area contributed by atoms with Gasteiger partial charge >= 0.3 is 5.97 Å². The minimum absolute atomic E-state index is 0.0671. The van der Waals surface area contributed by atoms with Crippen molar-refractivity contribution in [2.75, 3.05) is 28.2 Å². The number of benzene rings is 1. The molecule has 0 bridgehead atoms. The maximum atomic E-state index is 10.3. The molecule has 0 saturated heterocycles. The van der Waals surface area contributed by atoms with Crippen LogP contribution in [0.3, 0.4) is 0 Å². The Morgan fingerprint density at radius 3 is 1.80 bits per heavy atom. The van der Waals surface area contributed by atoms with Crippen molar-refractivity contribution >= 4 is 5.97 Å². The summed E-state index contributed by atoms with van der Waals surface area (Å²) in [6.07, 6.45) is 0. The van der Waals surface area contributed by atoms with Crippen LogP contribution in [0.4, 0.5) is 0 Å². The first-order valence-corrected chi connectivity index (χ1v) is 4.52. The van der Waals surface area contributed by atoms with Crippen LogP contribution in [0.25, 0.3) is 0 Å². The topological polar surface area (TPSA) is 57.5 Å². The number of carboxylic acid groups (broad SMARTS) is 1. The van der Waals surface area contributed by atoms with E-state index in [0.29, 0.717) is 0 Å². The van der Waals surface area contributed by atoms with Gasteiger partial charge in [-0.3, -0.25) is 0 Å². The van der Waals surface area contributed by atoms with Crippen LogP contribution < -0.4 is 0 Å². The summed E-state index contributed by atoms with van der Waals surface area (Å²) >= 11 is 0. The van der Waals surface area contributed by atoms with Crippen LogP contribution in [0.15, 0.2) is 24.3 Å². The molecular formula is C11H18NO3+. The molecule has 0 aliphatic rings. The molecule has 0 aromatic heterocycles. The molecule has 0 spiro atoms. The number of carboxylic acids is 1. The van der Waals surface area contributed by atoms with E-state index in [1.165, 1.54) is 12.1 Å². The van der Waals surface area contributed by atoms with Crippen LogP contribution >= 0.6 is 0 Å². The fraction of sp³-hybridized carbons (Fsp3) is 0.364. The van der Waals surface area contributed by atoms with E-state index in [1.807, 2.05) is 0 Å². The maximum absolute atomic E-state index is 10.3. The Morgan fingerprint density at radius 1 is 1.13 bits per heavy atom. The van der Waals surface area contributed by atoms with Gasteiger partial charge in [-0.05, 0) is 12.1 Å². The number of nitrogens with zero attached hydrogens (tertiary/aromatic N) is 1. The van der Waals surface area contributed by atoms with E-state index in [1.54, 1.807) is 12.1 Å². The van der Waals surface area contributed by atoms with E-state index < -0.39 is 5.97 Å². The summed E-state index contributed by atoms with van der Waals surface area (Å²) in [5.41, 5.74) is -0.0671. The first-order chi connectivity index (χ1) is 6.72. The minimum Gasteiger partial charge on any atom is -0.507 e. The van der Waals surface area contributed by atoms with Crippen LogP contribution in [0.1, 0.15) is 10.4 Å². The summed E-state index contributed by atoms with van der Waals surface area (Å²) in [6, 6.07) is 5.81. The predicted octanol–water partition coefficient (Wildman–Crippen LogP) is 1.41. The van der Waals surface area contributed by atoms with Crippen LogP contribution in [0.5, 0.6) is 5.75 Å². The normalized spacial score (nSPS) is 10.1. The van der Waals surface area contributed by atoms with E-state index in [9.17, 15) is 4.79 Å². The molecule has 0 unspecified atom stereocenters. The van der Waals surface area contributed by atoms with Gasteiger partial charge in [0.1, 0.15) is 11.3 Å². The number of para-hydroxylation sites is 1. The molecule has 0 heterocycles. The van der Waals surface area contributed by atoms with Gasteiger partial charge in [0.25, 0.3) is 0 Å². The van der Waals surface area contributed by atoms with Crippen molar-refractivity contribution < 1.29 is 19.5 Å². The average molecular weight is 212 g/mol. The molecule has 15 heavy (non-hydrogen) atoms. The second-order valence-electron chi connectivity index (χ2n) is 4.51. The van der Waals surface area contributed by atoms with Crippen LogP contribution in [0, 0.1) is 0 Å². The van der Waals surface area contributed by atoms with Gasteiger partial charge < -0.3 is 14.7 Å². The number of carbonyl (C=O) groups is 1. The van der Waals surface area contributed by atoms with Gasteiger partial charge in [0, 0.05) is 0 Å². The number of quaternary nitrogens is 1. The Hall–Kier alpha value is -1.55. The Morgan fingerprint density at radius 2 is 1.53 bits per heavy atom. The van der Waals surface area contributed by atoms with E-state index in [2.05, 4.69) is 28.2 Å². The molecule has 0 aliphatic heterocycles. The van der Waals surface area contributed by atoms with Crippen LogP contribution in [0.2, 0.25) is 0 Å². The third kappa shape index (κ3) is 7.52. The Kier molecular flexibility index (Phi) is 4.81. The van der Waals surface area contributed by atoms with Gasteiger partial charge in [-0.15, -0.1) is 0 Å². The fourth-order valence-electron chi connectivity index (χ4n) is 0.654. The van der Waals surface area contributed by atoms with Gasteiger partial charge in [-0.2, -0.15) is 0 Å². The summed E-state index contributed by atoms with van der Waals surface area (Å²) in [5, 5.41) is 17.3. The first-order valence-electron chi connectivity index (χ1n) is 4.52. The number of aromatic hydroxyl groups is 1. The van der Waals surface area contributed by atoms with Crippen LogP contribution in [-0.4, -0.2) is 48.9 Å².